The van der Waals surface area contributed by atoms with E-state index in [1.165, 1.54) is 24.3 Å². The molecule has 3 aromatic rings. The third-order valence-electron chi connectivity index (χ3n) is 5.20. The predicted octanol–water partition coefficient (Wildman–Crippen LogP) is 4.53. The second kappa shape index (κ2) is 8.73. The molecule has 160 valence electrons. The van der Waals surface area contributed by atoms with E-state index < -0.39 is 22.9 Å². The molecule has 1 aliphatic heterocycles. The molecule has 0 saturated carbocycles. The zero-order chi connectivity index (χ0) is 22.7. The number of anilines is 1. The molecule has 4 rings (SSSR count). The van der Waals surface area contributed by atoms with E-state index >= 15 is 0 Å². The van der Waals surface area contributed by atoms with Crippen LogP contribution in [0.4, 0.5) is 16.2 Å². The summed E-state index contributed by atoms with van der Waals surface area (Å²) in [4.78, 5) is 35.5. The number of nitrogens with zero attached hydrogens (tertiary/aromatic N) is 1. The predicted molar refractivity (Wildman–Crippen MR) is 121 cm³/mol. The van der Waals surface area contributed by atoms with Crippen molar-refractivity contribution in [1.29, 1.82) is 0 Å². The number of allylic oxidation sites excluding steroid dienone is 1. The normalized spacial score (nSPS) is 15.5. The highest BCUT2D eigenvalue weighted by atomic mass is 16.6. The molecule has 3 N–H and O–H groups in total. The van der Waals surface area contributed by atoms with Crippen LogP contribution in [0.3, 0.4) is 0 Å². The molecular weight excluding hydrogens is 408 g/mol. The van der Waals surface area contributed by atoms with Crippen LogP contribution in [-0.4, -0.2) is 16.9 Å². The van der Waals surface area contributed by atoms with Gasteiger partial charge in [-0.3, -0.25) is 14.9 Å². The first-order valence-corrected chi connectivity index (χ1v) is 9.92. The van der Waals surface area contributed by atoms with E-state index in [-0.39, 0.29) is 5.69 Å². The Morgan fingerprint density at radius 2 is 1.56 bits per heavy atom. The van der Waals surface area contributed by atoms with Gasteiger partial charge >= 0.3 is 6.03 Å². The number of non-ortho nitro benzene ring substituents is 1. The molecule has 32 heavy (non-hydrogen) atoms. The van der Waals surface area contributed by atoms with Gasteiger partial charge in [-0.15, -0.1) is 0 Å². The number of carbonyl (C=O) groups excluding carboxylic acids is 2. The first-order valence-electron chi connectivity index (χ1n) is 9.92. The molecule has 1 atom stereocenters. The summed E-state index contributed by atoms with van der Waals surface area (Å²) in [5.74, 6) is -0.416. The number of amides is 3. The highest BCUT2D eigenvalue weighted by Crippen LogP contribution is 2.30. The monoisotopic (exact) mass is 428 g/mol. The maximum absolute atomic E-state index is 13.1. The number of urea groups is 1. The van der Waals surface area contributed by atoms with Gasteiger partial charge in [-0.05, 0) is 35.7 Å². The van der Waals surface area contributed by atoms with Crippen molar-refractivity contribution in [3.05, 3.63) is 106 Å². The molecule has 0 saturated heterocycles. The highest BCUT2D eigenvalue weighted by molar-refractivity contribution is 6.06. The molecule has 3 aromatic carbocycles. The Bertz CT molecular complexity index is 1200. The molecule has 8 nitrogen and oxygen atoms in total. The van der Waals surface area contributed by atoms with Gasteiger partial charge in [0.05, 0.1) is 16.5 Å². The lowest BCUT2D eigenvalue weighted by Gasteiger charge is -2.28. The summed E-state index contributed by atoms with van der Waals surface area (Å²) in [6.07, 6.45) is 0. The first kappa shape index (κ1) is 20.8. The molecule has 0 fully saturated rings. The largest absolute Gasteiger partial charge is 0.327 e. The van der Waals surface area contributed by atoms with Crippen molar-refractivity contribution in [3.8, 4) is 11.1 Å². The van der Waals surface area contributed by atoms with Crippen LogP contribution < -0.4 is 16.0 Å². The maximum Gasteiger partial charge on any atom is 0.319 e. The Hall–Kier alpha value is -4.46. The average Bonchev–Trinajstić information content (AvgIpc) is 2.79. The zero-order valence-corrected chi connectivity index (χ0v) is 17.2. The van der Waals surface area contributed by atoms with Crippen molar-refractivity contribution in [1.82, 2.24) is 10.6 Å². The van der Waals surface area contributed by atoms with Crippen LogP contribution in [0.1, 0.15) is 18.5 Å². The molecule has 3 amide bonds. The summed E-state index contributed by atoms with van der Waals surface area (Å²) in [5.41, 5.74) is 3.98. The lowest BCUT2D eigenvalue weighted by atomic mass is 9.93. The van der Waals surface area contributed by atoms with Gasteiger partial charge in [0.1, 0.15) is 0 Å². The molecule has 0 radical (unpaired) electrons. The van der Waals surface area contributed by atoms with E-state index in [0.717, 1.165) is 16.7 Å². The van der Waals surface area contributed by atoms with Gasteiger partial charge in [-0.1, -0.05) is 54.6 Å². The molecule has 0 aromatic heterocycles. The second-order valence-electron chi connectivity index (χ2n) is 7.32. The van der Waals surface area contributed by atoms with E-state index in [0.29, 0.717) is 17.0 Å². The van der Waals surface area contributed by atoms with Crippen LogP contribution >= 0.6 is 0 Å². The number of rotatable bonds is 5. The van der Waals surface area contributed by atoms with Gasteiger partial charge in [-0.25, -0.2) is 4.79 Å². The molecule has 1 heterocycles. The van der Waals surface area contributed by atoms with E-state index in [4.69, 9.17) is 0 Å². The van der Waals surface area contributed by atoms with Gasteiger partial charge in [0.25, 0.3) is 11.6 Å². The number of nitro benzene ring substituents is 1. The third-order valence-corrected chi connectivity index (χ3v) is 5.20. The number of hydrogen-bond donors (Lipinski definition) is 3. The Balaban J connectivity index is 1.60. The van der Waals surface area contributed by atoms with E-state index in [9.17, 15) is 19.7 Å². The Morgan fingerprint density at radius 3 is 2.19 bits per heavy atom. The highest BCUT2D eigenvalue weighted by Gasteiger charge is 2.31. The fourth-order valence-corrected chi connectivity index (χ4v) is 3.61. The van der Waals surface area contributed by atoms with Crippen molar-refractivity contribution < 1.29 is 14.5 Å². The third kappa shape index (κ3) is 4.34. The van der Waals surface area contributed by atoms with E-state index in [1.54, 1.807) is 6.92 Å². The van der Waals surface area contributed by atoms with Crippen molar-refractivity contribution in [2.75, 3.05) is 5.32 Å². The number of hydrogen-bond acceptors (Lipinski definition) is 4. The standard InChI is InChI=1S/C24H20N4O4/c1-15-21(23(29)26-19-11-13-20(14-12-19)28(31)32)22(27-24(30)25-15)18-9-7-17(8-10-18)16-5-3-2-4-6-16/h2-14,22H,1H3,(H,26,29)(H2,25,27,30). The van der Waals surface area contributed by atoms with E-state index in [2.05, 4.69) is 16.0 Å². The van der Waals surface area contributed by atoms with Crippen LogP contribution in [0.2, 0.25) is 0 Å². The van der Waals surface area contributed by atoms with Crippen molar-refractivity contribution in [2.45, 2.75) is 13.0 Å². The maximum atomic E-state index is 13.1. The van der Waals surface area contributed by atoms with Crippen molar-refractivity contribution >= 4 is 23.3 Å². The molecule has 0 aliphatic carbocycles. The Labute approximate surface area is 184 Å². The van der Waals surface area contributed by atoms with Crippen molar-refractivity contribution in [2.24, 2.45) is 0 Å². The number of carbonyl (C=O) groups is 2. The van der Waals surface area contributed by atoms with Crippen LogP contribution in [-0.2, 0) is 4.79 Å². The van der Waals surface area contributed by atoms with Gasteiger partial charge in [-0.2, -0.15) is 0 Å². The lowest BCUT2D eigenvalue weighted by Crippen LogP contribution is -2.45. The minimum Gasteiger partial charge on any atom is -0.327 e. The number of benzene rings is 3. The van der Waals surface area contributed by atoms with Crippen LogP contribution in [0, 0.1) is 10.1 Å². The zero-order valence-electron chi connectivity index (χ0n) is 17.2. The number of nitro groups is 1. The molecule has 1 unspecified atom stereocenters. The summed E-state index contributed by atoms with van der Waals surface area (Å²) in [6.45, 7) is 1.66. The molecular formula is C24H20N4O4. The lowest BCUT2D eigenvalue weighted by molar-refractivity contribution is -0.384. The molecule has 0 spiro atoms. The van der Waals surface area contributed by atoms with Gasteiger partial charge in [0.2, 0.25) is 0 Å². The first-order chi connectivity index (χ1) is 15.4. The Morgan fingerprint density at radius 1 is 0.938 bits per heavy atom. The SMILES string of the molecule is CC1=C(C(=O)Nc2ccc([N+](=O)[O-])cc2)C(c2ccc(-c3ccccc3)cc2)NC(=O)N1. The Kier molecular flexibility index (Phi) is 5.67. The van der Waals surface area contributed by atoms with E-state index in [1.807, 2.05) is 54.6 Å². The number of nitrogens with one attached hydrogen (secondary N) is 3. The van der Waals surface area contributed by atoms with Crippen LogP contribution in [0.5, 0.6) is 0 Å². The summed E-state index contributed by atoms with van der Waals surface area (Å²) in [5, 5.41) is 19.0. The van der Waals surface area contributed by atoms with Gasteiger partial charge in [0, 0.05) is 23.5 Å². The van der Waals surface area contributed by atoms with Gasteiger partial charge < -0.3 is 16.0 Å². The quantitative estimate of drug-likeness (QED) is 0.409. The smallest absolute Gasteiger partial charge is 0.319 e. The fraction of sp³-hybridized carbons (Fsp3) is 0.0833. The van der Waals surface area contributed by atoms with Crippen LogP contribution in [0.15, 0.2) is 90.1 Å². The summed E-state index contributed by atoms with van der Waals surface area (Å²) < 4.78 is 0. The average molecular weight is 428 g/mol. The molecule has 1 aliphatic rings. The van der Waals surface area contributed by atoms with Crippen LogP contribution in [0.25, 0.3) is 11.1 Å². The molecule has 8 heteroatoms. The second-order valence-corrected chi connectivity index (χ2v) is 7.32. The summed E-state index contributed by atoms with van der Waals surface area (Å²) in [7, 11) is 0. The topological polar surface area (TPSA) is 113 Å². The minimum atomic E-state index is -0.647. The summed E-state index contributed by atoms with van der Waals surface area (Å²) >= 11 is 0. The van der Waals surface area contributed by atoms with Gasteiger partial charge in [0.15, 0.2) is 0 Å². The van der Waals surface area contributed by atoms with Crippen molar-refractivity contribution in [3.63, 3.8) is 0 Å². The summed E-state index contributed by atoms with van der Waals surface area (Å²) in [6, 6.07) is 22.1. The minimum absolute atomic E-state index is 0.0682. The fourth-order valence-electron chi connectivity index (χ4n) is 3.61. The molecule has 0 bridgehead atoms.